The van der Waals surface area contributed by atoms with Gasteiger partial charge >= 0.3 is 12.0 Å². The largest absolute Gasteiger partial charge is 0.478 e. The summed E-state index contributed by atoms with van der Waals surface area (Å²) in [7, 11) is 0. The average molecular weight is 277 g/mol. The molecular formula is C13H15N3O4. The van der Waals surface area contributed by atoms with E-state index in [0.29, 0.717) is 5.69 Å². The van der Waals surface area contributed by atoms with E-state index in [1.807, 2.05) is 5.32 Å². The highest BCUT2D eigenvalue weighted by Gasteiger charge is 2.14. The van der Waals surface area contributed by atoms with E-state index in [-0.39, 0.29) is 17.7 Å². The van der Waals surface area contributed by atoms with E-state index in [4.69, 9.17) is 5.11 Å². The second-order valence-corrected chi connectivity index (χ2v) is 4.01. The van der Waals surface area contributed by atoms with Gasteiger partial charge in [0.05, 0.1) is 12.2 Å². The van der Waals surface area contributed by atoms with Crippen LogP contribution in [-0.2, 0) is 16.1 Å². The fraction of sp³-hybridized carbons (Fsp3) is 0.231. The molecule has 0 unspecified atom stereocenters. The van der Waals surface area contributed by atoms with Crippen LogP contribution in [0, 0.1) is 0 Å². The standard InChI is InChI=1S/C13H15N3O4/c1-8(9(2)12(18)19)11(17)16-13(20)15-7-10-5-3-4-6-14-10/h3-6H,7H2,1-2H3,(H,18,19)(H2,15,16,17,20). The first-order chi connectivity index (χ1) is 9.41. The monoisotopic (exact) mass is 277 g/mol. The first kappa shape index (κ1) is 15.4. The summed E-state index contributed by atoms with van der Waals surface area (Å²) in [5.41, 5.74) is 0.509. The van der Waals surface area contributed by atoms with Crippen LogP contribution < -0.4 is 10.6 Å². The normalized spacial score (nSPS) is 11.3. The van der Waals surface area contributed by atoms with Crippen LogP contribution in [0.15, 0.2) is 35.5 Å². The van der Waals surface area contributed by atoms with Crippen molar-refractivity contribution in [1.29, 1.82) is 0 Å². The Labute approximate surface area is 115 Å². The first-order valence-corrected chi connectivity index (χ1v) is 5.81. The van der Waals surface area contributed by atoms with Crippen LogP contribution in [0.25, 0.3) is 0 Å². The summed E-state index contributed by atoms with van der Waals surface area (Å²) in [6.07, 6.45) is 1.59. The zero-order chi connectivity index (χ0) is 15.1. The maximum absolute atomic E-state index is 11.6. The lowest BCUT2D eigenvalue weighted by molar-refractivity contribution is -0.133. The quantitative estimate of drug-likeness (QED) is 0.706. The summed E-state index contributed by atoms with van der Waals surface area (Å²) >= 11 is 0. The maximum Gasteiger partial charge on any atom is 0.331 e. The highest BCUT2D eigenvalue weighted by Crippen LogP contribution is 2.03. The van der Waals surface area contributed by atoms with Gasteiger partial charge in [0.1, 0.15) is 0 Å². The number of rotatable bonds is 4. The second kappa shape index (κ2) is 7.03. The van der Waals surface area contributed by atoms with Crippen molar-refractivity contribution in [1.82, 2.24) is 15.6 Å². The molecule has 1 heterocycles. The van der Waals surface area contributed by atoms with E-state index < -0.39 is 17.9 Å². The van der Waals surface area contributed by atoms with Crippen molar-refractivity contribution in [3.8, 4) is 0 Å². The van der Waals surface area contributed by atoms with Gasteiger partial charge in [-0.15, -0.1) is 0 Å². The van der Waals surface area contributed by atoms with Gasteiger partial charge in [0.2, 0.25) is 0 Å². The number of aliphatic carboxylic acids is 1. The number of aromatic nitrogens is 1. The average Bonchev–Trinajstić information content (AvgIpc) is 2.44. The van der Waals surface area contributed by atoms with E-state index in [9.17, 15) is 14.4 Å². The van der Waals surface area contributed by atoms with E-state index in [0.717, 1.165) is 0 Å². The Balaban J connectivity index is 2.53. The summed E-state index contributed by atoms with van der Waals surface area (Å²) in [6, 6.07) is 4.53. The van der Waals surface area contributed by atoms with Crippen molar-refractivity contribution in [3.63, 3.8) is 0 Å². The SMILES string of the molecule is CC(C(=O)O)=C(C)C(=O)NC(=O)NCc1ccccn1. The van der Waals surface area contributed by atoms with E-state index in [1.165, 1.54) is 13.8 Å². The lowest BCUT2D eigenvalue weighted by Crippen LogP contribution is -2.40. The van der Waals surface area contributed by atoms with Gasteiger partial charge in [0.15, 0.2) is 0 Å². The third-order valence-corrected chi connectivity index (χ3v) is 2.61. The third-order valence-electron chi connectivity index (χ3n) is 2.61. The number of imide groups is 1. The third kappa shape index (κ3) is 4.52. The second-order valence-electron chi connectivity index (χ2n) is 4.01. The molecule has 0 aliphatic carbocycles. The molecule has 3 amide bonds. The van der Waals surface area contributed by atoms with Crippen LogP contribution in [0.1, 0.15) is 19.5 Å². The van der Waals surface area contributed by atoms with Gasteiger partial charge in [-0.1, -0.05) is 6.07 Å². The predicted molar refractivity (Wildman–Crippen MR) is 70.6 cm³/mol. The number of carboxylic acids is 1. The molecule has 0 spiro atoms. The minimum atomic E-state index is -1.20. The number of carbonyl (C=O) groups is 3. The Morgan fingerprint density at radius 2 is 1.90 bits per heavy atom. The van der Waals surface area contributed by atoms with E-state index >= 15 is 0 Å². The van der Waals surface area contributed by atoms with Crippen LogP contribution in [0.3, 0.4) is 0 Å². The molecule has 0 aromatic carbocycles. The van der Waals surface area contributed by atoms with Crippen molar-refractivity contribution < 1.29 is 19.5 Å². The summed E-state index contributed by atoms with van der Waals surface area (Å²) in [6.45, 7) is 2.80. The fourth-order valence-corrected chi connectivity index (χ4v) is 1.25. The number of nitrogens with one attached hydrogen (secondary N) is 2. The Morgan fingerprint density at radius 3 is 2.45 bits per heavy atom. The fourth-order valence-electron chi connectivity index (χ4n) is 1.25. The predicted octanol–water partition coefficient (Wildman–Crippen LogP) is 0.828. The Kier molecular flexibility index (Phi) is 5.40. The van der Waals surface area contributed by atoms with Crippen molar-refractivity contribution >= 4 is 17.9 Å². The van der Waals surface area contributed by atoms with Gasteiger partial charge in [0, 0.05) is 17.3 Å². The number of carboxylic acid groups (broad SMARTS) is 1. The van der Waals surface area contributed by atoms with Crippen LogP contribution in [0.2, 0.25) is 0 Å². The molecule has 0 aliphatic rings. The molecule has 0 saturated heterocycles. The number of carbonyl (C=O) groups excluding carboxylic acids is 2. The molecule has 1 aromatic rings. The van der Waals surface area contributed by atoms with Gasteiger partial charge in [-0.3, -0.25) is 15.1 Å². The summed E-state index contributed by atoms with van der Waals surface area (Å²) in [4.78, 5) is 37.8. The van der Waals surface area contributed by atoms with Gasteiger partial charge < -0.3 is 10.4 Å². The highest BCUT2D eigenvalue weighted by molar-refractivity contribution is 6.07. The minimum absolute atomic E-state index is 0.0227. The summed E-state index contributed by atoms with van der Waals surface area (Å²) < 4.78 is 0. The number of urea groups is 1. The molecule has 20 heavy (non-hydrogen) atoms. The van der Waals surface area contributed by atoms with Crippen LogP contribution in [-0.4, -0.2) is 28.0 Å². The number of hydrogen-bond donors (Lipinski definition) is 3. The van der Waals surface area contributed by atoms with Gasteiger partial charge in [-0.25, -0.2) is 9.59 Å². The molecule has 0 bridgehead atoms. The summed E-state index contributed by atoms with van der Waals surface area (Å²) in [5.74, 6) is -1.95. The molecule has 1 aromatic heterocycles. The zero-order valence-corrected chi connectivity index (χ0v) is 11.1. The van der Waals surface area contributed by atoms with Crippen molar-refractivity contribution in [2.24, 2.45) is 0 Å². The molecule has 106 valence electrons. The van der Waals surface area contributed by atoms with Crippen molar-refractivity contribution in [3.05, 3.63) is 41.2 Å². The topological polar surface area (TPSA) is 108 Å². The Morgan fingerprint density at radius 1 is 1.20 bits per heavy atom. The lowest BCUT2D eigenvalue weighted by atomic mass is 10.1. The summed E-state index contributed by atoms with van der Waals surface area (Å²) in [5, 5.41) is 13.2. The van der Waals surface area contributed by atoms with Gasteiger partial charge in [0.25, 0.3) is 5.91 Å². The van der Waals surface area contributed by atoms with Crippen LogP contribution in [0.4, 0.5) is 4.79 Å². The van der Waals surface area contributed by atoms with Crippen LogP contribution >= 0.6 is 0 Å². The molecule has 7 nitrogen and oxygen atoms in total. The molecular weight excluding hydrogens is 262 g/mol. The molecule has 0 radical (unpaired) electrons. The van der Waals surface area contributed by atoms with E-state index in [1.54, 1.807) is 24.4 Å². The number of nitrogens with zero attached hydrogens (tertiary/aromatic N) is 1. The number of amides is 3. The highest BCUT2D eigenvalue weighted by atomic mass is 16.4. The number of hydrogen-bond acceptors (Lipinski definition) is 4. The maximum atomic E-state index is 11.6. The van der Waals surface area contributed by atoms with Crippen molar-refractivity contribution in [2.45, 2.75) is 20.4 Å². The number of pyridine rings is 1. The Bertz CT molecular complexity index is 552. The zero-order valence-electron chi connectivity index (χ0n) is 11.1. The molecule has 3 N–H and O–H groups in total. The molecule has 0 saturated carbocycles. The van der Waals surface area contributed by atoms with Gasteiger partial charge in [-0.05, 0) is 26.0 Å². The smallest absolute Gasteiger partial charge is 0.331 e. The molecule has 0 fully saturated rings. The molecule has 7 heteroatoms. The Hall–Kier alpha value is -2.70. The molecule has 1 rings (SSSR count). The van der Waals surface area contributed by atoms with Crippen molar-refractivity contribution in [2.75, 3.05) is 0 Å². The first-order valence-electron chi connectivity index (χ1n) is 5.81. The van der Waals surface area contributed by atoms with Gasteiger partial charge in [-0.2, -0.15) is 0 Å². The lowest BCUT2D eigenvalue weighted by Gasteiger charge is -2.07. The molecule has 0 atom stereocenters. The van der Waals surface area contributed by atoms with Crippen LogP contribution in [0.5, 0.6) is 0 Å². The molecule has 0 aliphatic heterocycles. The van der Waals surface area contributed by atoms with E-state index in [2.05, 4.69) is 10.3 Å². The minimum Gasteiger partial charge on any atom is -0.478 e.